The first-order valence-electron chi connectivity index (χ1n) is 10.1. The van der Waals surface area contributed by atoms with E-state index >= 15 is 0 Å². The van der Waals surface area contributed by atoms with Gasteiger partial charge in [-0.3, -0.25) is 0 Å². The van der Waals surface area contributed by atoms with Crippen molar-refractivity contribution in [3.8, 4) is 5.75 Å². The lowest BCUT2D eigenvalue weighted by Gasteiger charge is -2.28. The third kappa shape index (κ3) is 5.64. The molecule has 3 heterocycles. The highest BCUT2D eigenvalue weighted by Crippen LogP contribution is 2.42. The van der Waals surface area contributed by atoms with Crippen molar-refractivity contribution < 1.29 is 22.7 Å². The number of aromatic nitrogens is 4. The van der Waals surface area contributed by atoms with Crippen LogP contribution in [0.4, 0.5) is 13.2 Å². The van der Waals surface area contributed by atoms with Gasteiger partial charge in [0, 0.05) is 16.5 Å². The minimum atomic E-state index is -4.73. The lowest BCUT2D eigenvalue weighted by molar-refractivity contribution is -0.274. The summed E-state index contributed by atoms with van der Waals surface area (Å²) in [6.07, 6.45) is -2.21. The van der Waals surface area contributed by atoms with Crippen molar-refractivity contribution in [2.45, 2.75) is 52.6 Å². The minimum absolute atomic E-state index is 0.285. The maximum absolute atomic E-state index is 12.4. The van der Waals surface area contributed by atoms with Gasteiger partial charge in [-0.25, -0.2) is 14.6 Å². The van der Waals surface area contributed by atoms with Crippen molar-refractivity contribution >= 4 is 28.6 Å². The van der Waals surface area contributed by atoms with Gasteiger partial charge in [-0.1, -0.05) is 30.6 Å². The Balaban J connectivity index is 1.54. The number of aryl methyl sites for hydroxylation is 1. The van der Waals surface area contributed by atoms with Crippen LogP contribution >= 0.6 is 22.9 Å². The average Bonchev–Trinajstić information content (AvgIpc) is 3.24. The number of oxime groups is 1. The normalized spacial score (nSPS) is 18.4. The summed E-state index contributed by atoms with van der Waals surface area (Å²) < 4.78 is 43.4. The Labute approximate surface area is 197 Å². The molecule has 1 atom stereocenters. The van der Waals surface area contributed by atoms with E-state index < -0.39 is 12.5 Å². The quantitative estimate of drug-likeness (QED) is 0.435. The molecule has 2 aromatic heterocycles. The maximum atomic E-state index is 12.4. The molecule has 3 aromatic rings. The van der Waals surface area contributed by atoms with E-state index in [-0.39, 0.29) is 11.2 Å². The number of halogens is 4. The number of hydrogen-bond donors (Lipinski definition) is 0. The van der Waals surface area contributed by atoms with Crippen molar-refractivity contribution in [2.75, 3.05) is 0 Å². The van der Waals surface area contributed by atoms with E-state index in [0.29, 0.717) is 34.5 Å². The Kier molecular flexibility index (Phi) is 6.37. The highest BCUT2D eigenvalue weighted by molar-refractivity contribution is 7.15. The Hall–Kier alpha value is -2.66. The molecule has 4 rings (SSSR count). The summed E-state index contributed by atoms with van der Waals surface area (Å²) in [7, 11) is 0. The molecule has 176 valence electrons. The minimum Gasteiger partial charge on any atom is -0.406 e. The van der Waals surface area contributed by atoms with Crippen LogP contribution in [0.5, 0.6) is 5.75 Å². The summed E-state index contributed by atoms with van der Waals surface area (Å²) in [5.41, 5.74) is 0.967. The molecule has 0 fully saturated rings. The molecule has 0 spiro atoms. The van der Waals surface area contributed by atoms with Gasteiger partial charge in [0.1, 0.15) is 11.6 Å². The van der Waals surface area contributed by atoms with Gasteiger partial charge in [0.05, 0.1) is 12.3 Å². The molecule has 0 saturated heterocycles. The van der Waals surface area contributed by atoms with Crippen LogP contribution in [0.2, 0.25) is 4.47 Å². The molecule has 33 heavy (non-hydrogen) atoms. The van der Waals surface area contributed by atoms with E-state index in [4.69, 9.17) is 16.4 Å². The molecule has 1 unspecified atom stereocenters. The van der Waals surface area contributed by atoms with Crippen molar-refractivity contribution in [1.82, 2.24) is 19.7 Å². The molecule has 0 bridgehead atoms. The first-order valence-corrected chi connectivity index (χ1v) is 11.3. The SMILES string of the molecule is Cc1nc(C2ON=C(c3ccc(OC(F)(F)F)cc3)CCC2(C)C)nn1Cc1cnc(Cl)s1. The molecule has 12 heteroatoms. The first-order chi connectivity index (χ1) is 15.5. The predicted molar refractivity (Wildman–Crippen MR) is 117 cm³/mol. The fraction of sp³-hybridized carbons (Fsp3) is 0.429. The molecular weight excluding hydrogens is 479 g/mol. The summed E-state index contributed by atoms with van der Waals surface area (Å²) in [5.74, 6) is 0.960. The van der Waals surface area contributed by atoms with Gasteiger partial charge >= 0.3 is 6.36 Å². The molecular formula is C21H21ClF3N5O2S. The van der Waals surface area contributed by atoms with Gasteiger partial charge < -0.3 is 9.57 Å². The lowest BCUT2D eigenvalue weighted by atomic mass is 9.80. The zero-order chi connectivity index (χ0) is 23.8. The van der Waals surface area contributed by atoms with Crippen LogP contribution < -0.4 is 4.74 Å². The number of nitrogens with zero attached hydrogens (tertiary/aromatic N) is 5. The number of alkyl halides is 3. The Morgan fingerprint density at radius 3 is 2.64 bits per heavy atom. The van der Waals surface area contributed by atoms with E-state index in [1.54, 1.807) is 10.9 Å². The molecule has 0 amide bonds. The van der Waals surface area contributed by atoms with Gasteiger partial charge in [0.25, 0.3) is 0 Å². The summed E-state index contributed by atoms with van der Waals surface area (Å²) in [5, 5.41) is 8.96. The van der Waals surface area contributed by atoms with Crippen LogP contribution in [0.15, 0.2) is 35.6 Å². The second-order valence-electron chi connectivity index (χ2n) is 8.34. The largest absolute Gasteiger partial charge is 0.573 e. The zero-order valence-electron chi connectivity index (χ0n) is 18.1. The first kappa shape index (κ1) is 23.5. The Morgan fingerprint density at radius 1 is 1.27 bits per heavy atom. The van der Waals surface area contributed by atoms with Crippen molar-refractivity contribution in [1.29, 1.82) is 0 Å². The van der Waals surface area contributed by atoms with Crippen LogP contribution in [0.3, 0.4) is 0 Å². The van der Waals surface area contributed by atoms with Gasteiger partial charge in [-0.15, -0.1) is 24.5 Å². The van der Waals surface area contributed by atoms with E-state index in [0.717, 1.165) is 17.1 Å². The fourth-order valence-corrected chi connectivity index (χ4v) is 4.49. The topological polar surface area (TPSA) is 74.4 Å². The van der Waals surface area contributed by atoms with Crippen molar-refractivity contribution in [3.05, 3.63) is 57.0 Å². The zero-order valence-corrected chi connectivity index (χ0v) is 19.6. The number of thiazole rings is 1. The van der Waals surface area contributed by atoms with Crippen LogP contribution in [0.1, 0.15) is 54.9 Å². The second-order valence-corrected chi connectivity index (χ2v) is 10.0. The van der Waals surface area contributed by atoms with E-state index in [1.165, 1.54) is 35.6 Å². The molecule has 1 aliphatic heterocycles. The lowest BCUT2D eigenvalue weighted by Crippen LogP contribution is -2.24. The van der Waals surface area contributed by atoms with Crippen LogP contribution in [0.25, 0.3) is 0 Å². The molecule has 7 nitrogen and oxygen atoms in total. The molecule has 1 aromatic carbocycles. The summed E-state index contributed by atoms with van der Waals surface area (Å²) in [6.45, 7) is 6.46. The van der Waals surface area contributed by atoms with Crippen molar-refractivity contribution in [2.24, 2.45) is 10.6 Å². The highest BCUT2D eigenvalue weighted by atomic mass is 35.5. The smallest absolute Gasteiger partial charge is 0.406 e. The van der Waals surface area contributed by atoms with Crippen LogP contribution in [-0.4, -0.2) is 31.8 Å². The molecule has 0 aliphatic carbocycles. The van der Waals surface area contributed by atoms with E-state index in [9.17, 15) is 13.2 Å². The molecule has 1 aliphatic rings. The number of hydrogen-bond acceptors (Lipinski definition) is 7. The third-order valence-corrected chi connectivity index (χ3v) is 6.44. The van der Waals surface area contributed by atoms with E-state index in [2.05, 4.69) is 38.8 Å². The maximum Gasteiger partial charge on any atom is 0.573 e. The molecule has 0 radical (unpaired) electrons. The number of rotatable bonds is 5. The Bertz CT molecular complexity index is 1160. The summed E-state index contributed by atoms with van der Waals surface area (Å²) in [6, 6.07) is 5.59. The van der Waals surface area contributed by atoms with Crippen LogP contribution in [0, 0.1) is 12.3 Å². The summed E-state index contributed by atoms with van der Waals surface area (Å²) in [4.78, 5) is 15.5. The average molecular weight is 500 g/mol. The summed E-state index contributed by atoms with van der Waals surface area (Å²) >= 11 is 7.30. The third-order valence-electron chi connectivity index (χ3n) is 5.34. The second kappa shape index (κ2) is 8.94. The molecule has 0 saturated carbocycles. The van der Waals surface area contributed by atoms with Gasteiger partial charge in [-0.05, 0) is 49.6 Å². The molecule has 0 N–H and O–H groups in total. The standard InChI is InChI=1S/C21H21ClF3N5O2S/c1-12-27-18(28-30(12)11-15-10-26-19(22)33-15)17-20(2,3)9-8-16(29-32-17)13-4-6-14(7-5-13)31-21(23,24)25/h4-7,10,17H,8-9,11H2,1-3H3. The van der Waals surface area contributed by atoms with Gasteiger partial charge in [0.15, 0.2) is 16.4 Å². The van der Waals surface area contributed by atoms with Gasteiger partial charge in [0.2, 0.25) is 0 Å². The van der Waals surface area contributed by atoms with Crippen molar-refractivity contribution in [3.63, 3.8) is 0 Å². The van der Waals surface area contributed by atoms with Gasteiger partial charge in [-0.2, -0.15) is 5.10 Å². The van der Waals surface area contributed by atoms with E-state index in [1.807, 2.05) is 6.92 Å². The van der Waals surface area contributed by atoms with Crippen LogP contribution in [-0.2, 0) is 11.4 Å². The number of benzene rings is 1. The number of ether oxygens (including phenoxy) is 1. The predicted octanol–water partition coefficient (Wildman–Crippen LogP) is 5.93. The fourth-order valence-electron chi connectivity index (χ4n) is 3.53. The monoisotopic (exact) mass is 499 g/mol. The highest BCUT2D eigenvalue weighted by Gasteiger charge is 2.39. The Morgan fingerprint density at radius 2 is 2.00 bits per heavy atom.